The number of hydrogen-bond acceptors (Lipinski definition) is 3. The topological polar surface area (TPSA) is 38.0 Å². The molecule has 1 aromatic heterocycles. The third-order valence-corrected chi connectivity index (χ3v) is 3.35. The van der Waals surface area contributed by atoms with Crippen LogP contribution in [0.4, 0.5) is 8.78 Å². The number of benzene rings is 1. The highest BCUT2D eigenvalue weighted by Gasteiger charge is 2.15. The molecule has 1 heterocycles. The lowest BCUT2D eigenvalue weighted by Gasteiger charge is -2.15. The molecular weight excluding hydrogens is 242 g/mol. The fourth-order valence-electron chi connectivity index (χ4n) is 1.74. The first kappa shape index (κ1) is 12.2. The van der Waals surface area contributed by atoms with Crippen LogP contribution in [-0.2, 0) is 0 Å². The lowest BCUT2D eigenvalue weighted by atomic mass is 10.0. The minimum atomic E-state index is -0.604. The second kappa shape index (κ2) is 4.91. The number of rotatable bonds is 3. The van der Waals surface area contributed by atoms with Gasteiger partial charge in [-0.1, -0.05) is 0 Å². The summed E-state index contributed by atoms with van der Waals surface area (Å²) in [5, 5.41) is 1.92. The third kappa shape index (κ3) is 2.69. The van der Waals surface area contributed by atoms with Crippen molar-refractivity contribution >= 4 is 11.3 Å². The van der Waals surface area contributed by atoms with Gasteiger partial charge in [0.2, 0.25) is 0 Å². The van der Waals surface area contributed by atoms with Crippen LogP contribution in [0.15, 0.2) is 29.6 Å². The number of hydrazine groups is 1. The van der Waals surface area contributed by atoms with Gasteiger partial charge in [0.25, 0.3) is 0 Å². The Hall–Kier alpha value is -1.30. The summed E-state index contributed by atoms with van der Waals surface area (Å²) in [6.07, 6.45) is 0. The zero-order valence-electron chi connectivity index (χ0n) is 9.21. The Kier molecular flexibility index (Phi) is 3.51. The molecule has 2 aromatic rings. The number of hydrogen-bond donors (Lipinski definition) is 2. The molecule has 0 fully saturated rings. The van der Waals surface area contributed by atoms with Gasteiger partial charge in [0.1, 0.15) is 11.6 Å². The van der Waals surface area contributed by atoms with E-state index in [4.69, 9.17) is 5.84 Å². The summed E-state index contributed by atoms with van der Waals surface area (Å²) in [5.41, 5.74) is 3.95. The maximum Gasteiger partial charge on any atom is 0.126 e. The van der Waals surface area contributed by atoms with Crippen molar-refractivity contribution in [1.29, 1.82) is 0 Å². The van der Waals surface area contributed by atoms with Crippen LogP contribution in [0.25, 0.3) is 0 Å². The van der Waals surface area contributed by atoms with Gasteiger partial charge >= 0.3 is 0 Å². The normalized spacial score (nSPS) is 12.7. The Morgan fingerprint density at radius 2 is 1.76 bits per heavy atom. The molecule has 0 saturated carbocycles. The monoisotopic (exact) mass is 254 g/mol. The lowest BCUT2D eigenvalue weighted by molar-refractivity contribution is 0.566. The minimum Gasteiger partial charge on any atom is -0.271 e. The van der Waals surface area contributed by atoms with E-state index in [1.807, 2.05) is 18.4 Å². The summed E-state index contributed by atoms with van der Waals surface area (Å²) < 4.78 is 26.3. The van der Waals surface area contributed by atoms with Gasteiger partial charge in [-0.15, -0.1) is 11.3 Å². The Labute approximate surface area is 102 Å². The first-order chi connectivity index (χ1) is 8.10. The van der Waals surface area contributed by atoms with Gasteiger partial charge in [-0.05, 0) is 41.6 Å². The van der Waals surface area contributed by atoms with E-state index in [1.54, 1.807) is 11.3 Å². The lowest BCUT2D eigenvalue weighted by Crippen LogP contribution is -2.28. The molecule has 0 aliphatic carbocycles. The molecule has 0 aliphatic rings. The molecule has 3 N–H and O–H groups in total. The van der Waals surface area contributed by atoms with E-state index in [2.05, 4.69) is 5.43 Å². The van der Waals surface area contributed by atoms with E-state index >= 15 is 0 Å². The average molecular weight is 254 g/mol. The highest BCUT2D eigenvalue weighted by molar-refractivity contribution is 7.10. The molecule has 0 bridgehead atoms. The van der Waals surface area contributed by atoms with Crippen LogP contribution < -0.4 is 11.3 Å². The summed E-state index contributed by atoms with van der Waals surface area (Å²) in [6.45, 7) is 1.97. The molecule has 2 nitrogen and oxygen atoms in total. The van der Waals surface area contributed by atoms with Crippen LogP contribution in [0.2, 0.25) is 0 Å². The van der Waals surface area contributed by atoms with E-state index in [0.29, 0.717) is 5.56 Å². The van der Waals surface area contributed by atoms with Gasteiger partial charge in [-0.3, -0.25) is 5.84 Å². The van der Waals surface area contributed by atoms with Crippen molar-refractivity contribution in [3.8, 4) is 0 Å². The Bertz CT molecular complexity index is 505. The molecule has 17 heavy (non-hydrogen) atoms. The molecule has 1 unspecified atom stereocenters. The maximum atomic E-state index is 13.1. The number of nitrogens with two attached hydrogens (primary N) is 1. The summed E-state index contributed by atoms with van der Waals surface area (Å²) in [7, 11) is 0. The van der Waals surface area contributed by atoms with Crippen molar-refractivity contribution in [3.05, 3.63) is 57.3 Å². The van der Waals surface area contributed by atoms with Crippen molar-refractivity contribution in [3.63, 3.8) is 0 Å². The van der Waals surface area contributed by atoms with Gasteiger partial charge in [0.15, 0.2) is 0 Å². The van der Waals surface area contributed by atoms with E-state index in [-0.39, 0.29) is 0 Å². The first-order valence-corrected chi connectivity index (χ1v) is 5.95. The van der Waals surface area contributed by atoms with Crippen molar-refractivity contribution in [2.75, 3.05) is 0 Å². The second-order valence-corrected chi connectivity index (χ2v) is 4.91. The first-order valence-electron chi connectivity index (χ1n) is 5.07. The summed E-state index contributed by atoms with van der Waals surface area (Å²) in [6, 6.07) is 4.94. The SMILES string of the molecule is Cc1cc(C(NN)c2cc(F)cc(F)c2)cs1. The molecule has 0 saturated heterocycles. The molecule has 0 amide bonds. The summed E-state index contributed by atoms with van der Waals surface area (Å²) in [4.78, 5) is 1.12. The smallest absolute Gasteiger partial charge is 0.126 e. The molecular formula is C12H12F2N2S. The molecule has 90 valence electrons. The van der Waals surface area contributed by atoms with Crippen LogP contribution in [0.5, 0.6) is 0 Å². The molecule has 1 aromatic carbocycles. The van der Waals surface area contributed by atoms with E-state index in [1.165, 1.54) is 12.1 Å². The molecule has 5 heteroatoms. The van der Waals surface area contributed by atoms with Gasteiger partial charge in [-0.2, -0.15) is 0 Å². The van der Waals surface area contributed by atoms with Gasteiger partial charge in [0.05, 0.1) is 6.04 Å². The van der Waals surface area contributed by atoms with Crippen LogP contribution in [0, 0.1) is 18.6 Å². The predicted molar refractivity (Wildman–Crippen MR) is 64.6 cm³/mol. The fraction of sp³-hybridized carbons (Fsp3) is 0.167. The molecule has 1 atom stereocenters. The highest BCUT2D eigenvalue weighted by atomic mass is 32.1. The second-order valence-electron chi connectivity index (χ2n) is 3.79. The van der Waals surface area contributed by atoms with Gasteiger partial charge in [-0.25, -0.2) is 14.2 Å². The van der Waals surface area contributed by atoms with Crippen molar-refractivity contribution in [2.24, 2.45) is 5.84 Å². The van der Waals surface area contributed by atoms with E-state index in [9.17, 15) is 8.78 Å². The number of aryl methyl sites for hydroxylation is 1. The van der Waals surface area contributed by atoms with E-state index in [0.717, 1.165) is 16.5 Å². The number of thiophene rings is 1. The maximum absolute atomic E-state index is 13.1. The average Bonchev–Trinajstić information content (AvgIpc) is 2.64. The van der Waals surface area contributed by atoms with Gasteiger partial charge < -0.3 is 0 Å². The van der Waals surface area contributed by atoms with Crippen LogP contribution >= 0.6 is 11.3 Å². The number of halogens is 2. The van der Waals surface area contributed by atoms with Gasteiger partial charge in [0, 0.05) is 10.9 Å². The largest absolute Gasteiger partial charge is 0.271 e. The Balaban J connectivity index is 2.41. The van der Waals surface area contributed by atoms with E-state index < -0.39 is 17.7 Å². The molecule has 0 radical (unpaired) electrons. The predicted octanol–water partition coefficient (Wildman–Crippen LogP) is 2.89. The standard InChI is InChI=1S/C12H12F2N2S/c1-7-2-9(6-17-7)12(16-15)8-3-10(13)5-11(14)4-8/h2-6,12,16H,15H2,1H3. The molecule has 0 aliphatic heterocycles. The van der Waals surface area contributed by atoms with Crippen molar-refractivity contribution in [2.45, 2.75) is 13.0 Å². The van der Waals surface area contributed by atoms with Crippen LogP contribution in [0.3, 0.4) is 0 Å². The number of nitrogens with one attached hydrogen (secondary N) is 1. The fourth-order valence-corrected chi connectivity index (χ4v) is 2.47. The van der Waals surface area contributed by atoms with Crippen molar-refractivity contribution < 1.29 is 8.78 Å². The Morgan fingerprint density at radius 3 is 2.24 bits per heavy atom. The van der Waals surface area contributed by atoms with Crippen molar-refractivity contribution in [1.82, 2.24) is 5.43 Å². The quantitative estimate of drug-likeness (QED) is 0.653. The van der Waals surface area contributed by atoms with Crippen LogP contribution in [0.1, 0.15) is 22.0 Å². The summed E-state index contributed by atoms with van der Waals surface area (Å²) in [5.74, 6) is 4.25. The third-order valence-electron chi connectivity index (χ3n) is 2.47. The molecule has 0 spiro atoms. The summed E-state index contributed by atoms with van der Waals surface area (Å²) >= 11 is 1.57. The van der Waals surface area contributed by atoms with Crippen LogP contribution in [-0.4, -0.2) is 0 Å². The highest BCUT2D eigenvalue weighted by Crippen LogP contribution is 2.26. The Morgan fingerprint density at radius 1 is 1.12 bits per heavy atom. The minimum absolute atomic E-state index is 0.398. The zero-order valence-corrected chi connectivity index (χ0v) is 10.0. The zero-order chi connectivity index (χ0) is 12.4. The molecule has 2 rings (SSSR count).